The second-order valence-corrected chi connectivity index (χ2v) is 7.68. The Morgan fingerprint density at radius 3 is 1.32 bits per heavy atom. The highest BCUT2D eigenvalue weighted by Crippen LogP contribution is 2.35. The van der Waals surface area contributed by atoms with E-state index < -0.39 is 0 Å². The zero-order valence-electron chi connectivity index (χ0n) is 14.4. The maximum atomic E-state index is 6.17. The van der Waals surface area contributed by atoms with Crippen LogP contribution in [0.1, 0.15) is 11.1 Å². The molecule has 0 aliphatic carbocycles. The van der Waals surface area contributed by atoms with E-state index in [1.807, 2.05) is 0 Å². The van der Waals surface area contributed by atoms with E-state index in [1.165, 1.54) is 0 Å². The molecule has 0 radical (unpaired) electrons. The molecule has 0 aliphatic heterocycles. The van der Waals surface area contributed by atoms with Gasteiger partial charge in [0.25, 0.3) is 0 Å². The van der Waals surface area contributed by atoms with Gasteiger partial charge in [-0.1, -0.05) is 46.4 Å². The van der Waals surface area contributed by atoms with Crippen molar-refractivity contribution in [2.75, 3.05) is 14.2 Å². The van der Waals surface area contributed by atoms with E-state index in [-0.39, 0.29) is 44.3 Å². The molecule has 0 N–H and O–H groups in total. The molecule has 2 heterocycles. The maximum Gasteiger partial charge on any atom is 0.205 e. The number of nitrogens with zero attached hydrogens (tertiary/aromatic N) is 4. The van der Waals surface area contributed by atoms with E-state index in [1.54, 1.807) is 35.5 Å². The van der Waals surface area contributed by atoms with E-state index >= 15 is 0 Å². The highest BCUT2D eigenvalue weighted by atomic mass is 35.5. The Hall–Kier alpha value is -1.02. The fourth-order valence-corrected chi connectivity index (χ4v) is 4.00. The lowest BCUT2D eigenvalue weighted by atomic mass is 10.1. The summed E-state index contributed by atoms with van der Waals surface area (Å²) in [5.41, 5.74) is 1.50. The molecule has 150 valence electrons. The van der Waals surface area contributed by atoms with Gasteiger partial charge in [0.15, 0.2) is 10.3 Å². The minimum absolute atomic E-state index is 0.121. The number of hydrogen-bond donors (Lipinski definition) is 0. The maximum absolute atomic E-state index is 6.17. The summed E-state index contributed by atoms with van der Waals surface area (Å²) in [5.74, 6) is 1.15. The van der Waals surface area contributed by atoms with Crippen LogP contribution in [0.25, 0.3) is 0 Å². The quantitative estimate of drug-likeness (QED) is 0.406. The van der Waals surface area contributed by atoms with Crippen LogP contribution in [0.15, 0.2) is 12.1 Å². The molecule has 2 aromatic heterocycles. The first-order chi connectivity index (χ1) is 13.3. The molecular weight excluding hydrogens is 493 g/mol. The van der Waals surface area contributed by atoms with E-state index in [0.717, 1.165) is 11.1 Å². The van der Waals surface area contributed by atoms with Crippen molar-refractivity contribution in [1.82, 2.24) is 19.1 Å². The minimum Gasteiger partial charge on any atom is -0.496 e. The molecule has 6 nitrogen and oxygen atoms in total. The molecule has 0 bridgehead atoms. The van der Waals surface area contributed by atoms with Gasteiger partial charge in [0.05, 0.1) is 27.3 Å². The monoisotopic (exact) mass is 502 g/mol. The van der Waals surface area contributed by atoms with Crippen molar-refractivity contribution >= 4 is 69.6 Å². The Morgan fingerprint density at radius 2 is 1.07 bits per heavy atom. The number of halogens is 6. The Balaban J connectivity index is 2.02. The molecule has 0 fully saturated rings. The van der Waals surface area contributed by atoms with E-state index in [4.69, 9.17) is 79.1 Å². The first-order valence-corrected chi connectivity index (χ1v) is 9.91. The zero-order valence-corrected chi connectivity index (χ0v) is 19.0. The van der Waals surface area contributed by atoms with Crippen LogP contribution in [0.2, 0.25) is 31.2 Å². The molecule has 0 amide bonds. The average molecular weight is 505 g/mol. The fourth-order valence-electron chi connectivity index (χ4n) is 2.64. The summed E-state index contributed by atoms with van der Waals surface area (Å²) in [6, 6.07) is 3.60. The summed E-state index contributed by atoms with van der Waals surface area (Å²) in [6.07, 6.45) is 0. The van der Waals surface area contributed by atoms with Crippen LogP contribution in [0, 0.1) is 0 Å². The second-order valence-electron chi connectivity index (χ2n) is 5.57. The van der Waals surface area contributed by atoms with E-state index in [2.05, 4.69) is 9.97 Å². The van der Waals surface area contributed by atoms with Gasteiger partial charge in [0, 0.05) is 11.1 Å². The Labute approximate surface area is 190 Å². The normalized spacial score (nSPS) is 11.1. The van der Waals surface area contributed by atoms with Crippen LogP contribution in [-0.4, -0.2) is 33.3 Å². The molecule has 12 heteroatoms. The van der Waals surface area contributed by atoms with E-state index in [0.29, 0.717) is 11.5 Å². The van der Waals surface area contributed by atoms with Crippen molar-refractivity contribution in [2.24, 2.45) is 0 Å². The van der Waals surface area contributed by atoms with Crippen LogP contribution < -0.4 is 9.47 Å². The first-order valence-electron chi connectivity index (χ1n) is 7.64. The van der Waals surface area contributed by atoms with Crippen molar-refractivity contribution in [1.29, 1.82) is 0 Å². The number of methoxy groups -OCH3 is 2. The molecule has 3 aromatic rings. The number of benzene rings is 1. The lowest BCUT2D eigenvalue weighted by Crippen LogP contribution is -2.07. The molecular formula is C16H12Cl6N4O2. The molecule has 0 spiro atoms. The lowest BCUT2D eigenvalue weighted by Gasteiger charge is -2.17. The fraction of sp³-hybridized carbons (Fsp3) is 0.250. The highest BCUT2D eigenvalue weighted by Gasteiger charge is 2.19. The predicted molar refractivity (Wildman–Crippen MR) is 112 cm³/mol. The second kappa shape index (κ2) is 8.78. The molecule has 1 aromatic carbocycles. The molecule has 0 saturated heterocycles. The summed E-state index contributed by atoms with van der Waals surface area (Å²) in [6.45, 7) is 0.547. The standard InChI is InChI=1S/C16H12Cl6N4O2/c1-27-9-3-8(6-26-14(20)12(18)24-16(26)22)10(28-2)4-7(9)5-25-13(19)11(17)23-15(25)21/h3-4H,5-6H2,1-2H3. The van der Waals surface area contributed by atoms with Gasteiger partial charge in [0.2, 0.25) is 10.6 Å². The highest BCUT2D eigenvalue weighted by molar-refractivity contribution is 6.42. The van der Waals surface area contributed by atoms with Crippen LogP contribution in [0.3, 0.4) is 0 Å². The summed E-state index contributed by atoms with van der Waals surface area (Å²) >= 11 is 36.4. The van der Waals surface area contributed by atoms with Gasteiger partial charge in [-0.25, -0.2) is 9.97 Å². The zero-order chi connectivity index (χ0) is 20.6. The van der Waals surface area contributed by atoms with Gasteiger partial charge in [0.1, 0.15) is 21.8 Å². The van der Waals surface area contributed by atoms with Crippen molar-refractivity contribution in [3.8, 4) is 11.5 Å². The van der Waals surface area contributed by atoms with Crippen LogP contribution in [0.4, 0.5) is 0 Å². The van der Waals surface area contributed by atoms with Crippen molar-refractivity contribution in [3.63, 3.8) is 0 Å². The van der Waals surface area contributed by atoms with Crippen LogP contribution in [-0.2, 0) is 13.1 Å². The third-order valence-electron chi connectivity index (χ3n) is 3.98. The summed E-state index contributed by atoms with van der Waals surface area (Å²) < 4.78 is 14.1. The van der Waals surface area contributed by atoms with Crippen molar-refractivity contribution in [2.45, 2.75) is 13.1 Å². The third kappa shape index (κ3) is 4.13. The number of aromatic nitrogens is 4. The minimum atomic E-state index is 0.121. The number of hydrogen-bond acceptors (Lipinski definition) is 4. The Bertz CT molecular complexity index is 951. The van der Waals surface area contributed by atoms with E-state index in [9.17, 15) is 0 Å². The molecule has 0 saturated carbocycles. The van der Waals surface area contributed by atoms with Gasteiger partial charge >= 0.3 is 0 Å². The van der Waals surface area contributed by atoms with Gasteiger partial charge in [-0.15, -0.1) is 0 Å². The molecule has 28 heavy (non-hydrogen) atoms. The van der Waals surface area contributed by atoms with Crippen molar-refractivity contribution < 1.29 is 9.47 Å². The van der Waals surface area contributed by atoms with Gasteiger partial charge in [-0.3, -0.25) is 9.13 Å². The van der Waals surface area contributed by atoms with Gasteiger partial charge in [-0.2, -0.15) is 0 Å². The Kier molecular flexibility index (Phi) is 6.80. The van der Waals surface area contributed by atoms with Gasteiger partial charge < -0.3 is 9.47 Å². The topological polar surface area (TPSA) is 54.1 Å². The Morgan fingerprint density at radius 1 is 0.714 bits per heavy atom. The number of rotatable bonds is 6. The summed E-state index contributed by atoms with van der Waals surface area (Å²) in [5, 5.41) is 1.01. The first kappa shape index (κ1) is 21.7. The SMILES string of the molecule is COc1cc(Cn2c(Cl)nc(Cl)c2Cl)c(OC)cc1Cn1c(Cl)nc(Cl)c1Cl. The van der Waals surface area contributed by atoms with Gasteiger partial charge in [-0.05, 0) is 35.3 Å². The molecule has 0 atom stereocenters. The summed E-state index contributed by atoms with van der Waals surface area (Å²) in [7, 11) is 3.10. The van der Waals surface area contributed by atoms with Crippen LogP contribution in [0.5, 0.6) is 11.5 Å². The van der Waals surface area contributed by atoms with Crippen LogP contribution >= 0.6 is 69.6 Å². The largest absolute Gasteiger partial charge is 0.496 e. The van der Waals surface area contributed by atoms with Crippen molar-refractivity contribution in [3.05, 3.63) is 54.4 Å². The average Bonchev–Trinajstić information content (AvgIpc) is 3.05. The number of ether oxygens (including phenoxy) is 2. The molecule has 0 aliphatic rings. The molecule has 3 rings (SSSR count). The third-order valence-corrected chi connectivity index (χ3v) is 6.04. The molecule has 0 unspecified atom stereocenters. The lowest BCUT2D eigenvalue weighted by molar-refractivity contribution is 0.393. The predicted octanol–water partition coefficient (Wildman–Crippen LogP) is 6.11. The number of imidazole rings is 2. The summed E-state index contributed by atoms with van der Waals surface area (Å²) in [4.78, 5) is 7.88. The smallest absolute Gasteiger partial charge is 0.205 e.